The minimum atomic E-state index is -0.308. The van der Waals surface area contributed by atoms with Gasteiger partial charge in [0.25, 0.3) is 0 Å². The zero-order valence-electron chi connectivity index (χ0n) is 11.7. The minimum absolute atomic E-state index is 0.0757. The number of carbonyl (C=O) groups excluding carboxylic acids is 1. The van der Waals surface area contributed by atoms with Gasteiger partial charge in [-0.15, -0.1) is 0 Å². The first kappa shape index (κ1) is 15.0. The molecule has 0 saturated heterocycles. The predicted octanol–water partition coefficient (Wildman–Crippen LogP) is 1.25. The fraction of sp³-hybridized carbons (Fsp3) is 0.357. The molecule has 0 spiro atoms. The highest BCUT2D eigenvalue weighted by atomic mass is 19.1. The summed E-state index contributed by atoms with van der Waals surface area (Å²) >= 11 is 0. The molecule has 0 aliphatic heterocycles. The van der Waals surface area contributed by atoms with Crippen molar-refractivity contribution >= 4 is 5.91 Å². The van der Waals surface area contributed by atoms with Crippen LogP contribution in [-0.2, 0) is 11.3 Å². The van der Waals surface area contributed by atoms with Gasteiger partial charge in [-0.2, -0.15) is 5.10 Å². The summed E-state index contributed by atoms with van der Waals surface area (Å²) in [6.07, 6.45) is 3.00. The van der Waals surface area contributed by atoms with Gasteiger partial charge in [0.2, 0.25) is 5.91 Å². The summed E-state index contributed by atoms with van der Waals surface area (Å²) < 4.78 is 19.7. The zero-order chi connectivity index (χ0) is 15.1. The summed E-state index contributed by atoms with van der Waals surface area (Å²) in [4.78, 5) is 15.7. The van der Waals surface area contributed by atoms with E-state index in [1.54, 1.807) is 23.1 Å². The van der Waals surface area contributed by atoms with Gasteiger partial charge >= 0.3 is 0 Å². The molecule has 1 aromatic heterocycles. The number of nitrogens with zero attached hydrogens (tertiary/aromatic N) is 3. The van der Waals surface area contributed by atoms with Crippen LogP contribution < -0.4 is 10.1 Å². The molecule has 2 aromatic rings. The Hall–Kier alpha value is -2.44. The number of amides is 1. The molecule has 7 heteroatoms. The Morgan fingerprint density at radius 1 is 1.43 bits per heavy atom. The molecular weight excluding hydrogens is 275 g/mol. The number of hydrogen-bond acceptors (Lipinski definition) is 4. The van der Waals surface area contributed by atoms with E-state index < -0.39 is 0 Å². The summed E-state index contributed by atoms with van der Waals surface area (Å²) in [6, 6.07) is 5.75. The molecular formula is C14H17FN4O2. The van der Waals surface area contributed by atoms with Crippen molar-refractivity contribution in [3.05, 3.63) is 42.7 Å². The van der Waals surface area contributed by atoms with Gasteiger partial charge in [0, 0.05) is 0 Å². The van der Waals surface area contributed by atoms with E-state index in [9.17, 15) is 9.18 Å². The number of hydrogen-bond donors (Lipinski definition) is 1. The van der Waals surface area contributed by atoms with Crippen LogP contribution >= 0.6 is 0 Å². The number of aromatic nitrogens is 3. The molecule has 1 N–H and O–H groups in total. The number of nitrogens with one attached hydrogen (secondary N) is 1. The maximum Gasteiger partial charge on any atom is 0.224 e. The second kappa shape index (κ2) is 7.37. The fourth-order valence-electron chi connectivity index (χ4n) is 1.74. The van der Waals surface area contributed by atoms with Gasteiger partial charge in [-0.05, 0) is 24.3 Å². The first-order valence-corrected chi connectivity index (χ1v) is 6.63. The lowest BCUT2D eigenvalue weighted by Crippen LogP contribution is -2.34. The lowest BCUT2D eigenvalue weighted by Gasteiger charge is -2.12. The largest absolute Gasteiger partial charge is 0.492 e. The number of ether oxygens (including phenoxy) is 1. The Morgan fingerprint density at radius 2 is 2.19 bits per heavy atom. The molecule has 1 unspecified atom stereocenters. The van der Waals surface area contributed by atoms with Gasteiger partial charge in [0.15, 0.2) is 0 Å². The molecule has 112 valence electrons. The second-order valence-electron chi connectivity index (χ2n) is 4.61. The number of rotatable bonds is 7. The Morgan fingerprint density at radius 3 is 2.86 bits per heavy atom. The Bertz CT molecular complexity index is 557. The van der Waals surface area contributed by atoms with Crippen LogP contribution in [-0.4, -0.2) is 33.8 Å². The lowest BCUT2D eigenvalue weighted by atomic mass is 10.1. The van der Waals surface area contributed by atoms with E-state index in [1.807, 2.05) is 6.92 Å². The highest BCUT2D eigenvalue weighted by Crippen LogP contribution is 2.10. The molecule has 0 aliphatic rings. The third-order valence-electron chi connectivity index (χ3n) is 2.86. The summed E-state index contributed by atoms with van der Waals surface area (Å²) in [6.45, 7) is 3.01. The molecule has 0 radical (unpaired) electrons. The molecule has 0 bridgehead atoms. The monoisotopic (exact) mass is 292 g/mol. The third kappa shape index (κ3) is 4.87. The average molecular weight is 292 g/mol. The highest BCUT2D eigenvalue weighted by Gasteiger charge is 2.13. The van der Waals surface area contributed by atoms with E-state index in [4.69, 9.17) is 4.74 Å². The van der Waals surface area contributed by atoms with Gasteiger partial charge in [0.1, 0.15) is 30.8 Å². The number of benzene rings is 1. The van der Waals surface area contributed by atoms with E-state index in [0.29, 0.717) is 25.4 Å². The van der Waals surface area contributed by atoms with E-state index in [2.05, 4.69) is 15.4 Å². The third-order valence-corrected chi connectivity index (χ3v) is 2.86. The zero-order valence-corrected chi connectivity index (χ0v) is 11.7. The average Bonchev–Trinajstić information content (AvgIpc) is 2.98. The molecule has 0 saturated carbocycles. The van der Waals surface area contributed by atoms with Crippen LogP contribution in [0, 0.1) is 11.7 Å². The smallest absolute Gasteiger partial charge is 0.224 e. The normalized spacial score (nSPS) is 11.9. The molecule has 6 nitrogen and oxygen atoms in total. The van der Waals surface area contributed by atoms with Gasteiger partial charge in [-0.25, -0.2) is 9.37 Å². The van der Waals surface area contributed by atoms with Gasteiger partial charge in [-0.3, -0.25) is 9.48 Å². The number of halogens is 1. The van der Waals surface area contributed by atoms with Crippen LogP contribution in [0.3, 0.4) is 0 Å². The van der Waals surface area contributed by atoms with Crippen molar-refractivity contribution in [2.75, 3.05) is 13.2 Å². The molecule has 1 atom stereocenters. The maximum absolute atomic E-state index is 12.7. The van der Waals surface area contributed by atoms with Crippen molar-refractivity contribution in [3.63, 3.8) is 0 Å². The minimum Gasteiger partial charge on any atom is -0.492 e. The molecule has 0 fully saturated rings. The molecule has 2 rings (SSSR count). The van der Waals surface area contributed by atoms with Crippen molar-refractivity contribution in [1.29, 1.82) is 0 Å². The summed E-state index contributed by atoms with van der Waals surface area (Å²) in [7, 11) is 0. The van der Waals surface area contributed by atoms with Crippen LogP contribution in [0.5, 0.6) is 5.75 Å². The summed E-state index contributed by atoms with van der Waals surface area (Å²) in [5.41, 5.74) is 0. The van der Waals surface area contributed by atoms with Crippen molar-refractivity contribution < 1.29 is 13.9 Å². The van der Waals surface area contributed by atoms with Gasteiger partial charge in [0.05, 0.1) is 19.0 Å². The molecule has 1 aromatic carbocycles. The lowest BCUT2D eigenvalue weighted by molar-refractivity contribution is -0.125. The summed E-state index contributed by atoms with van der Waals surface area (Å²) in [5.74, 6) is -0.0235. The van der Waals surface area contributed by atoms with E-state index in [0.717, 1.165) is 0 Å². The van der Waals surface area contributed by atoms with Crippen LogP contribution in [0.4, 0.5) is 4.39 Å². The van der Waals surface area contributed by atoms with E-state index in [1.165, 1.54) is 18.5 Å². The van der Waals surface area contributed by atoms with E-state index >= 15 is 0 Å². The fourth-order valence-corrected chi connectivity index (χ4v) is 1.74. The molecule has 1 heterocycles. The van der Waals surface area contributed by atoms with Crippen LogP contribution in [0.25, 0.3) is 0 Å². The van der Waals surface area contributed by atoms with Crippen molar-refractivity contribution in [3.8, 4) is 5.75 Å². The van der Waals surface area contributed by atoms with Crippen LogP contribution in [0.2, 0.25) is 0 Å². The van der Waals surface area contributed by atoms with Crippen molar-refractivity contribution in [2.24, 2.45) is 5.92 Å². The van der Waals surface area contributed by atoms with Gasteiger partial charge in [-0.1, -0.05) is 6.92 Å². The van der Waals surface area contributed by atoms with Crippen LogP contribution in [0.15, 0.2) is 36.9 Å². The maximum atomic E-state index is 12.7. The highest BCUT2D eigenvalue weighted by molar-refractivity contribution is 5.78. The van der Waals surface area contributed by atoms with Crippen LogP contribution in [0.1, 0.15) is 6.92 Å². The van der Waals surface area contributed by atoms with Gasteiger partial charge < -0.3 is 10.1 Å². The molecule has 1 amide bonds. The quantitative estimate of drug-likeness (QED) is 0.780. The summed E-state index contributed by atoms with van der Waals surface area (Å²) in [5, 5.41) is 6.73. The second-order valence-corrected chi connectivity index (χ2v) is 4.61. The predicted molar refractivity (Wildman–Crippen MR) is 74.1 cm³/mol. The molecule has 0 aliphatic carbocycles. The Kier molecular flexibility index (Phi) is 5.25. The first-order chi connectivity index (χ1) is 10.1. The Labute approximate surface area is 121 Å². The molecule has 21 heavy (non-hydrogen) atoms. The Balaban J connectivity index is 1.65. The van der Waals surface area contributed by atoms with Crippen molar-refractivity contribution in [2.45, 2.75) is 13.5 Å². The standard InChI is InChI=1S/C14H17FN4O2/c1-11(8-19-10-16-9-18-19)14(20)17-6-7-21-13-4-2-12(15)3-5-13/h2-5,9-11H,6-8H2,1H3,(H,17,20). The van der Waals surface area contributed by atoms with Crippen molar-refractivity contribution in [1.82, 2.24) is 20.1 Å². The number of carbonyl (C=O) groups is 1. The topological polar surface area (TPSA) is 69.0 Å². The van der Waals surface area contributed by atoms with E-state index in [-0.39, 0.29) is 17.6 Å². The first-order valence-electron chi connectivity index (χ1n) is 6.63. The SMILES string of the molecule is CC(Cn1cncn1)C(=O)NCCOc1ccc(F)cc1.